The second-order valence-corrected chi connectivity index (χ2v) is 3.95. The fourth-order valence-corrected chi connectivity index (χ4v) is 1.88. The summed E-state index contributed by atoms with van der Waals surface area (Å²) in [5.41, 5.74) is 0. The summed E-state index contributed by atoms with van der Waals surface area (Å²) in [5, 5.41) is 0. The Morgan fingerprint density at radius 3 is 2.67 bits per heavy atom. The van der Waals surface area contributed by atoms with Crippen molar-refractivity contribution >= 4 is 0 Å². The van der Waals surface area contributed by atoms with Crippen molar-refractivity contribution in [2.45, 2.75) is 19.1 Å². The minimum Gasteiger partial charge on any atom is -0.375 e. The molecular formula is C9H17NO2. The first-order chi connectivity index (χ1) is 5.77. The Bertz CT molecular complexity index is 163. The second-order valence-electron chi connectivity index (χ2n) is 3.95. The Morgan fingerprint density at radius 2 is 2.17 bits per heavy atom. The number of hydrogen-bond acceptors (Lipinski definition) is 3. The Labute approximate surface area is 73.6 Å². The van der Waals surface area contributed by atoms with Crippen LogP contribution in [0.4, 0.5) is 0 Å². The van der Waals surface area contributed by atoms with Crippen molar-refractivity contribution in [3.8, 4) is 0 Å². The lowest BCUT2D eigenvalue weighted by Crippen LogP contribution is -2.54. The van der Waals surface area contributed by atoms with Crippen LogP contribution in [0.2, 0.25) is 0 Å². The second kappa shape index (κ2) is 3.32. The lowest BCUT2D eigenvalue weighted by Gasteiger charge is -2.43. The van der Waals surface area contributed by atoms with E-state index in [1.54, 1.807) is 0 Å². The van der Waals surface area contributed by atoms with Crippen LogP contribution in [0.5, 0.6) is 0 Å². The molecule has 0 aromatic heterocycles. The van der Waals surface area contributed by atoms with E-state index in [-0.39, 0.29) is 0 Å². The van der Waals surface area contributed by atoms with Crippen LogP contribution < -0.4 is 0 Å². The van der Waals surface area contributed by atoms with Crippen molar-refractivity contribution in [1.82, 2.24) is 4.90 Å². The largest absolute Gasteiger partial charge is 0.375 e. The molecule has 70 valence electrons. The molecule has 0 spiro atoms. The molecule has 2 fully saturated rings. The molecule has 0 radical (unpaired) electrons. The maximum Gasteiger partial charge on any atom is 0.0967 e. The fourth-order valence-electron chi connectivity index (χ4n) is 1.88. The van der Waals surface area contributed by atoms with Crippen molar-refractivity contribution in [2.24, 2.45) is 5.92 Å². The monoisotopic (exact) mass is 171 g/mol. The lowest BCUT2D eigenvalue weighted by atomic mass is 9.94. The van der Waals surface area contributed by atoms with Gasteiger partial charge in [0.1, 0.15) is 0 Å². The Hall–Kier alpha value is -0.120. The number of nitrogens with zero attached hydrogens (tertiary/aromatic N) is 1. The lowest BCUT2D eigenvalue weighted by molar-refractivity contribution is -0.191. The van der Waals surface area contributed by atoms with Gasteiger partial charge in [0.25, 0.3) is 0 Å². The van der Waals surface area contributed by atoms with E-state index in [1.807, 2.05) is 0 Å². The summed E-state index contributed by atoms with van der Waals surface area (Å²) < 4.78 is 11.1. The number of likely N-dealkylation sites (N-methyl/N-ethyl adjacent to an activating group) is 1. The standard InChI is InChI=1S/C9H17NO2/c1-7-6-12-9(7)8-5-10(2)3-4-11-8/h7-9H,3-6H2,1-2H3/t7-,8?,9?/m0/s1. The van der Waals surface area contributed by atoms with Crippen molar-refractivity contribution in [2.75, 3.05) is 33.4 Å². The highest BCUT2D eigenvalue weighted by molar-refractivity contribution is 4.86. The molecule has 0 amide bonds. The van der Waals surface area contributed by atoms with Gasteiger partial charge in [-0.2, -0.15) is 0 Å². The number of morpholine rings is 1. The topological polar surface area (TPSA) is 21.7 Å². The molecule has 2 heterocycles. The van der Waals surface area contributed by atoms with Gasteiger partial charge in [-0.1, -0.05) is 6.92 Å². The van der Waals surface area contributed by atoms with E-state index in [0.717, 1.165) is 26.3 Å². The Balaban J connectivity index is 1.86. The van der Waals surface area contributed by atoms with Crippen LogP contribution in [0.25, 0.3) is 0 Å². The maximum absolute atomic E-state index is 5.66. The first-order valence-electron chi connectivity index (χ1n) is 4.69. The molecule has 2 saturated heterocycles. The van der Waals surface area contributed by atoms with E-state index in [0.29, 0.717) is 18.1 Å². The third-order valence-corrected chi connectivity index (χ3v) is 2.78. The first kappa shape index (κ1) is 8.48. The smallest absolute Gasteiger partial charge is 0.0967 e. The van der Waals surface area contributed by atoms with Gasteiger partial charge < -0.3 is 14.4 Å². The van der Waals surface area contributed by atoms with E-state index >= 15 is 0 Å². The van der Waals surface area contributed by atoms with Crippen LogP contribution in [-0.2, 0) is 9.47 Å². The molecule has 3 heteroatoms. The summed E-state index contributed by atoms with van der Waals surface area (Å²) in [4.78, 5) is 2.31. The van der Waals surface area contributed by atoms with Gasteiger partial charge in [0.05, 0.1) is 25.4 Å². The molecule has 2 unspecified atom stereocenters. The third kappa shape index (κ3) is 1.49. The number of rotatable bonds is 1. The van der Waals surface area contributed by atoms with E-state index in [4.69, 9.17) is 9.47 Å². The zero-order chi connectivity index (χ0) is 8.55. The normalized spacial score (nSPS) is 44.0. The van der Waals surface area contributed by atoms with Gasteiger partial charge in [0.2, 0.25) is 0 Å². The fraction of sp³-hybridized carbons (Fsp3) is 1.00. The molecule has 3 atom stereocenters. The zero-order valence-electron chi connectivity index (χ0n) is 7.82. The van der Waals surface area contributed by atoms with Crippen molar-refractivity contribution < 1.29 is 9.47 Å². The zero-order valence-corrected chi connectivity index (χ0v) is 7.82. The summed E-state index contributed by atoms with van der Waals surface area (Å²) in [6, 6.07) is 0. The molecule has 0 N–H and O–H groups in total. The molecular weight excluding hydrogens is 154 g/mol. The van der Waals surface area contributed by atoms with Gasteiger partial charge in [0, 0.05) is 19.0 Å². The predicted octanol–water partition coefficient (Wildman–Crippen LogP) is 0.352. The van der Waals surface area contributed by atoms with Crippen LogP contribution in [-0.4, -0.2) is 50.5 Å². The van der Waals surface area contributed by atoms with E-state index in [9.17, 15) is 0 Å². The highest BCUT2D eigenvalue weighted by Crippen LogP contribution is 2.26. The molecule has 12 heavy (non-hydrogen) atoms. The maximum atomic E-state index is 5.66. The Morgan fingerprint density at radius 1 is 1.33 bits per heavy atom. The van der Waals surface area contributed by atoms with Crippen LogP contribution >= 0.6 is 0 Å². The van der Waals surface area contributed by atoms with Gasteiger partial charge in [-0.25, -0.2) is 0 Å². The molecule has 2 aliphatic heterocycles. The molecule has 0 aromatic rings. The molecule has 0 aromatic carbocycles. The molecule has 3 nitrogen and oxygen atoms in total. The van der Waals surface area contributed by atoms with Gasteiger partial charge in [-0.3, -0.25) is 0 Å². The third-order valence-electron chi connectivity index (χ3n) is 2.78. The molecule has 0 bridgehead atoms. The summed E-state index contributed by atoms with van der Waals surface area (Å²) in [6.07, 6.45) is 0.667. The summed E-state index contributed by atoms with van der Waals surface area (Å²) in [7, 11) is 2.14. The SMILES string of the molecule is C[C@H]1COC1C1CN(C)CCO1. The van der Waals surface area contributed by atoms with Crippen LogP contribution in [0.3, 0.4) is 0 Å². The quantitative estimate of drug-likeness (QED) is 0.568. The average Bonchev–Trinajstić information content (AvgIpc) is 2.02. The molecule has 2 aliphatic rings. The highest BCUT2D eigenvalue weighted by atomic mass is 16.6. The molecule has 0 aliphatic carbocycles. The van der Waals surface area contributed by atoms with E-state index in [1.165, 1.54) is 0 Å². The van der Waals surface area contributed by atoms with E-state index < -0.39 is 0 Å². The molecule has 2 rings (SSSR count). The van der Waals surface area contributed by atoms with E-state index in [2.05, 4.69) is 18.9 Å². The van der Waals surface area contributed by atoms with Crippen LogP contribution in [0.15, 0.2) is 0 Å². The Kier molecular flexibility index (Phi) is 2.35. The summed E-state index contributed by atoms with van der Waals surface area (Å²) >= 11 is 0. The van der Waals surface area contributed by atoms with Gasteiger partial charge in [0.15, 0.2) is 0 Å². The average molecular weight is 171 g/mol. The summed E-state index contributed by atoms with van der Waals surface area (Å²) in [6.45, 7) is 6.07. The molecule has 0 saturated carbocycles. The van der Waals surface area contributed by atoms with Crippen molar-refractivity contribution in [3.05, 3.63) is 0 Å². The number of hydrogen-bond donors (Lipinski definition) is 0. The van der Waals surface area contributed by atoms with Gasteiger partial charge in [-0.15, -0.1) is 0 Å². The van der Waals surface area contributed by atoms with Crippen molar-refractivity contribution in [1.29, 1.82) is 0 Å². The van der Waals surface area contributed by atoms with Crippen molar-refractivity contribution in [3.63, 3.8) is 0 Å². The predicted molar refractivity (Wildman–Crippen MR) is 46.1 cm³/mol. The highest BCUT2D eigenvalue weighted by Gasteiger charge is 2.37. The minimum absolute atomic E-state index is 0.312. The van der Waals surface area contributed by atoms with Crippen LogP contribution in [0, 0.1) is 5.92 Å². The van der Waals surface area contributed by atoms with Crippen LogP contribution in [0.1, 0.15) is 6.92 Å². The first-order valence-corrected chi connectivity index (χ1v) is 4.69. The van der Waals surface area contributed by atoms with Gasteiger partial charge >= 0.3 is 0 Å². The number of ether oxygens (including phenoxy) is 2. The van der Waals surface area contributed by atoms with Gasteiger partial charge in [-0.05, 0) is 7.05 Å². The summed E-state index contributed by atoms with van der Waals surface area (Å²) in [5.74, 6) is 0.682. The minimum atomic E-state index is 0.312.